The third-order valence-corrected chi connectivity index (χ3v) is 4.71. The van der Waals surface area contributed by atoms with Crippen molar-refractivity contribution in [1.82, 2.24) is 9.71 Å². The van der Waals surface area contributed by atoms with Crippen LogP contribution >= 0.6 is 24.8 Å². The summed E-state index contributed by atoms with van der Waals surface area (Å²) in [5.41, 5.74) is 6.75. The van der Waals surface area contributed by atoms with Gasteiger partial charge < -0.3 is 11.1 Å². The second kappa shape index (κ2) is 11.8. The van der Waals surface area contributed by atoms with E-state index in [1.807, 2.05) is 12.1 Å². The van der Waals surface area contributed by atoms with Gasteiger partial charge in [-0.1, -0.05) is 6.07 Å². The maximum atomic E-state index is 12.1. The Morgan fingerprint density at radius 1 is 1.12 bits per heavy atom. The average Bonchev–Trinajstić information content (AvgIpc) is 2.59. The van der Waals surface area contributed by atoms with E-state index in [4.69, 9.17) is 5.73 Å². The van der Waals surface area contributed by atoms with E-state index < -0.39 is 10.0 Å². The van der Waals surface area contributed by atoms with Crippen LogP contribution in [0.15, 0.2) is 53.7 Å². The van der Waals surface area contributed by atoms with Crippen LogP contribution in [-0.4, -0.2) is 32.4 Å². The Bertz CT molecular complexity index is 789. The Balaban J connectivity index is 0.00000312. The van der Waals surface area contributed by atoms with Gasteiger partial charge in [0.15, 0.2) is 0 Å². The zero-order chi connectivity index (χ0) is 17.4. The molecule has 0 bridgehead atoms. The van der Waals surface area contributed by atoms with E-state index in [-0.39, 0.29) is 48.7 Å². The third-order valence-electron chi connectivity index (χ3n) is 3.25. The highest BCUT2D eigenvalue weighted by Gasteiger charge is 2.14. The number of halogens is 2. The molecule has 4 N–H and O–H groups in total. The van der Waals surface area contributed by atoms with Crippen molar-refractivity contribution in [2.45, 2.75) is 17.7 Å². The number of amides is 1. The summed E-state index contributed by atoms with van der Waals surface area (Å²) in [5, 5.41) is 2.71. The third kappa shape index (κ3) is 7.67. The van der Waals surface area contributed by atoms with Crippen molar-refractivity contribution < 1.29 is 13.2 Å². The molecule has 0 aliphatic carbocycles. The van der Waals surface area contributed by atoms with Crippen LogP contribution in [0, 0.1) is 0 Å². The molecule has 1 amide bonds. The van der Waals surface area contributed by atoms with Gasteiger partial charge in [-0.3, -0.25) is 9.78 Å². The lowest BCUT2D eigenvalue weighted by atomic mass is 10.1. The van der Waals surface area contributed by atoms with Gasteiger partial charge in [0.25, 0.3) is 0 Å². The number of sulfonamides is 1. The van der Waals surface area contributed by atoms with E-state index in [2.05, 4.69) is 15.0 Å². The molecule has 0 radical (unpaired) electrons. The van der Waals surface area contributed by atoms with E-state index in [1.165, 1.54) is 12.1 Å². The highest BCUT2D eigenvalue weighted by molar-refractivity contribution is 7.89. The van der Waals surface area contributed by atoms with Gasteiger partial charge in [0.1, 0.15) is 0 Å². The van der Waals surface area contributed by atoms with Gasteiger partial charge in [-0.25, -0.2) is 13.1 Å². The molecule has 0 aliphatic heterocycles. The number of carbonyl (C=O) groups is 1. The Morgan fingerprint density at radius 3 is 2.46 bits per heavy atom. The zero-order valence-electron chi connectivity index (χ0n) is 13.9. The first-order valence-corrected chi connectivity index (χ1v) is 8.98. The first kappa shape index (κ1) is 24.3. The topological polar surface area (TPSA) is 114 Å². The van der Waals surface area contributed by atoms with Crippen LogP contribution in [0.3, 0.4) is 0 Å². The van der Waals surface area contributed by atoms with Crippen molar-refractivity contribution in [3.05, 3.63) is 54.4 Å². The van der Waals surface area contributed by atoms with E-state index in [9.17, 15) is 13.2 Å². The minimum atomic E-state index is -3.62. The molecule has 1 aromatic carbocycles. The largest absolute Gasteiger partial charge is 0.329 e. The Hall–Kier alpha value is -1.71. The normalized spacial score (nSPS) is 10.3. The molecule has 0 atom stereocenters. The van der Waals surface area contributed by atoms with Gasteiger partial charge in [-0.2, -0.15) is 0 Å². The lowest BCUT2D eigenvalue weighted by Crippen LogP contribution is -2.29. The van der Waals surface area contributed by atoms with Crippen molar-refractivity contribution in [3.63, 3.8) is 0 Å². The first-order valence-electron chi connectivity index (χ1n) is 7.50. The van der Waals surface area contributed by atoms with Crippen molar-refractivity contribution >= 4 is 46.4 Å². The Kier molecular flexibility index (Phi) is 11.0. The SMILES string of the molecule is Cl.Cl.NCCNS(=O)(=O)c1cccc(NC(=O)CCc2ccncc2)c1. The molecule has 2 rings (SSSR count). The van der Waals surface area contributed by atoms with Crippen LogP contribution in [0.5, 0.6) is 0 Å². The molecular formula is C16H22Cl2N4O3S. The Labute approximate surface area is 165 Å². The number of nitrogens with two attached hydrogens (primary N) is 1. The number of aryl methyl sites for hydroxylation is 1. The fraction of sp³-hybridized carbons (Fsp3) is 0.250. The number of benzene rings is 1. The summed E-state index contributed by atoms with van der Waals surface area (Å²) in [4.78, 5) is 16.0. The number of nitrogens with zero attached hydrogens (tertiary/aromatic N) is 1. The summed E-state index contributed by atoms with van der Waals surface area (Å²) < 4.78 is 26.5. The molecule has 2 aromatic rings. The molecule has 0 saturated heterocycles. The number of rotatable bonds is 8. The summed E-state index contributed by atoms with van der Waals surface area (Å²) in [6, 6.07) is 9.81. The maximum Gasteiger partial charge on any atom is 0.240 e. The average molecular weight is 421 g/mol. The van der Waals surface area contributed by atoms with E-state index >= 15 is 0 Å². The van der Waals surface area contributed by atoms with Gasteiger partial charge in [0.05, 0.1) is 4.90 Å². The van der Waals surface area contributed by atoms with Crippen LogP contribution in [0.1, 0.15) is 12.0 Å². The minimum Gasteiger partial charge on any atom is -0.329 e. The Morgan fingerprint density at radius 2 is 1.81 bits per heavy atom. The second-order valence-electron chi connectivity index (χ2n) is 5.12. The maximum absolute atomic E-state index is 12.1. The molecule has 7 nitrogen and oxygen atoms in total. The molecule has 144 valence electrons. The van der Waals surface area contributed by atoms with Crippen molar-refractivity contribution in [2.75, 3.05) is 18.4 Å². The van der Waals surface area contributed by atoms with Gasteiger partial charge in [-0.15, -0.1) is 24.8 Å². The summed E-state index contributed by atoms with van der Waals surface area (Å²) in [5.74, 6) is -0.184. The molecule has 0 aliphatic rings. The van der Waals surface area contributed by atoms with Crippen LogP contribution in [0.2, 0.25) is 0 Å². The highest BCUT2D eigenvalue weighted by Crippen LogP contribution is 2.15. The number of nitrogens with one attached hydrogen (secondary N) is 2. The van der Waals surface area contributed by atoms with E-state index in [0.717, 1.165) is 5.56 Å². The number of pyridine rings is 1. The van der Waals surface area contributed by atoms with Crippen LogP contribution in [0.25, 0.3) is 0 Å². The number of hydrogen-bond acceptors (Lipinski definition) is 5. The molecule has 0 saturated carbocycles. The summed E-state index contributed by atoms with van der Waals surface area (Å²) in [6.07, 6.45) is 4.24. The van der Waals surface area contributed by atoms with Crippen molar-refractivity contribution in [2.24, 2.45) is 5.73 Å². The predicted molar refractivity (Wildman–Crippen MR) is 106 cm³/mol. The number of aromatic nitrogens is 1. The van der Waals surface area contributed by atoms with Gasteiger partial charge >= 0.3 is 0 Å². The van der Waals surface area contributed by atoms with Gasteiger partial charge in [0, 0.05) is 37.6 Å². The quantitative estimate of drug-likeness (QED) is 0.601. The summed E-state index contributed by atoms with van der Waals surface area (Å²) in [6.45, 7) is 0.371. The molecule has 10 heteroatoms. The summed E-state index contributed by atoms with van der Waals surface area (Å²) in [7, 11) is -3.62. The van der Waals surface area contributed by atoms with E-state index in [1.54, 1.807) is 24.5 Å². The smallest absolute Gasteiger partial charge is 0.240 e. The molecule has 0 unspecified atom stereocenters. The van der Waals surface area contributed by atoms with Crippen molar-refractivity contribution in [1.29, 1.82) is 0 Å². The van der Waals surface area contributed by atoms with E-state index in [0.29, 0.717) is 18.5 Å². The first-order chi connectivity index (χ1) is 11.5. The molecule has 1 heterocycles. The standard InChI is InChI=1S/C16H20N4O3S.2ClH/c17-8-11-19-24(22,23)15-3-1-2-14(12-15)20-16(21)5-4-13-6-9-18-10-7-13;;/h1-3,6-7,9-10,12,19H,4-5,8,11,17H2,(H,20,21);2*1H. The van der Waals surface area contributed by atoms with Crippen LogP contribution in [-0.2, 0) is 21.2 Å². The fourth-order valence-electron chi connectivity index (χ4n) is 2.05. The highest BCUT2D eigenvalue weighted by atomic mass is 35.5. The van der Waals surface area contributed by atoms with Gasteiger partial charge in [0.2, 0.25) is 15.9 Å². The lowest BCUT2D eigenvalue weighted by Gasteiger charge is -2.09. The molecule has 0 spiro atoms. The molecule has 1 aromatic heterocycles. The van der Waals surface area contributed by atoms with Gasteiger partial charge in [-0.05, 0) is 42.3 Å². The number of hydrogen-bond donors (Lipinski definition) is 3. The fourth-order valence-corrected chi connectivity index (χ4v) is 3.14. The van der Waals surface area contributed by atoms with Crippen molar-refractivity contribution in [3.8, 4) is 0 Å². The molecular weight excluding hydrogens is 399 g/mol. The zero-order valence-corrected chi connectivity index (χ0v) is 16.4. The molecule has 0 fully saturated rings. The number of carbonyl (C=O) groups excluding carboxylic acids is 1. The second-order valence-corrected chi connectivity index (χ2v) is 6.88. The van der Waals surface area contributed by atoms with Crippen LogP contribution < -0.4 is 15.8 Å². The molecule has 26 heavy (non-hydrogen) atoms. The van der Waals surface area contributed by atoms with Crippen LogP contribution in [0.4, 0.5) is 5.69 Å². The number of anilines is 1. The summed E-state index contributed by atoms with van der Waals surface area (Å²) >= 11 is 0. The lowest BCUT2D eigenvalue weighted by molar-refractivity contribution is -0.116. The monoisotopic (exact) mass is 420 g/mol. The predicted octanol–water partition coefficient (Wildman–Crippen LogP) is 1.73. The minimum absolute atomic E-state index is 0.